The zero-order chi connectivity index (χ0) is 13.2. The fourth-order valence-corrected chi connectivity index (χ4v) is 2.61. The van der Waals surface area contributed by atoms with Gasteiger partial charge in [-0.1, -0.05) is 34.1 Å². The van der Waals surface area contributed by atoms with Crippen molar-refractivity contribution in [2.24, 2.45) is 17.3 Å². The summed E-state index contributed by atoms with van der Waals surface area (Å²) in [5.41, 5.74) is -0.402. The lowest BCUT2D eigenvalue weighted by Gasteiger charge is -2.16. The van der Waals surface area contributed by atoms with E-state index in [0.717, 1.165) is 19.3 Å². The Morgan fingerprint density at radius 3 is 2.24 bits per heavy atom. The van der Waals surface area contributed by atoms with Crippen LogP contribution in [-0.2, 0) is 9.59 Å². The minimum absolute atomic E-state index is 0.0947. The molecular weight excluding hydrogens is 218 g/mol. The maximum atomic E-state index is 12.0. The predicted molar refractivity (Wildman–Crippen MR) is 65.5 cm³/mol. The molecule has 0 saturated heterocycles. The van der Waals surface area contributed by atoms with Gasteiger partial charge in [0.1, 0.15) is 0 Å². The van der Waals surface area contributed by atoms with E-state index in [-0.39, 0.29) is 17.9 Å². The molecule has 0 aromatic carbocycles. The van der Waals surface area contributed by atoms with Gasteiger partial charge in [0.15, 0.2) is 0 Å². The second kappa shape index (κ2) is 5.07. The third kappa shape index (κ3) is 2.79. The zero-order valence-corrected chi connectivity index (χ0v) is 11.1. The van der Waals surface area contributed by atoms with Gasteiger partial charge in [-0.15, -0.1) is 0 Å². The average molecular weight is 241 g/mol. The summed E-state index contributed by atoms with van der Waals surface area (Å²) in [5.74, 6) is -1.85. The summed E-state index contributed by atoms with van der Waals surface area (Å²) in [7, 11) is 0. The highest BCUT2D eigenvalue weighted by Gasteiger charge is 2.65. The highest BCUT2D eigenvalue weighted by molar-refractivity contribution is 5.91. The molecule has 3 unspecified atom stereocenters. The van der Waals surface area contributed by atoms with Crippen LogP contribution in [-0.4, -0.2) is 23.0 Å². The number of carbonyl (C=O) groups is 2. The number of carboxylic acids is 1. The maximum absolute atomic E-state index is 12.0. The quantitative estimate of drug-likeness (QED) is 0.747. The lowest BCUT2D eigenvalue weighted by atomic mass is 10.1. The van der Waals surface area contributed by atoms with Crippen molar-refractivity contribution < 1.29 is 14.7 Å². The summed E-state index contributed by atoms with van der Waals surface area (Å²) in [4.78, 5) is 23.0. The number of amides is 1. The van der Waals surface area contributed by atoms with Gasteiger partial charge >= 0.3 is 5.97 Å². The second-order valence-electron chi connectivity index (χ2n) is 5.52. The number of carboxylic acid groups (broad SMARTS) is 1. The predicted octanol–water partition coefficient (Wildman–Crippen LogP) is 2.04. The molecule has 1 aliphatic rings. The monoisotopic (exact) mass is 241 g/mol. The highest BCUT2D eigenvalue weighted by atomic mass is 16.4. The molecule has 0 aromatic heterocycles. The van der Waals surface area contributed by atoms with Crippen LogP contribution in [0.1, 0.15) is 47.0 Å². The molecule has 98 valence electrons. The topological polar surface area (TPSA) is 66.4 Å². The van der Waals surface area contributed by atoms with E-state index in [9.17, 15) is 9.59 Å². The van der Waals surface area contributed by atoms with Crippen molar-refractivity contribution in [2.75, 3.05) is 0 Å². The first-order valence-corrected chi connectivity index (χ1v) is 6.39. The van der Waals surface area contributed by atoms with Crippen molar-refractivity contribution in [1.82, 2.24) is 5.32 Å². The third-order valence-electron chi connectivity index (χ3n) is 3.85. The van der Waals surface area contributed by atoms with Gasteiger partial charge in [-0.05, 0) is 18.3 Å². The standard InChI is InChI=1S/C13H23NO3/c1-5-7-8(6-2)14-11(15)9-10(12(16)17)13(9,3)4/h8-10H,5-7H2,1-4H3,(H,14,15)(H,16,17). The molecule has 1 rings (SSSR count). The smallest absolute Gasteiger partial charge is 0.307 e. The van der Waals surface area contributed by atoms with Crippen LogP contribution in [0.3, 0.4) is 0 Å². The summed E-state index contributed by atoms with van der Waals surface area (Å²) in [6.45, 7) is 7.80. The SMILES string of the molecule is CCCC(CC)NC(=O)C1C(C(=O)O)C1(C)C. The molecule has 4 heteroatoms. The van der Waals surface area contributed by atoms with Crippen LogP contribution in [0.25, 0.3) is 0 Å². The van der Waals surface area contributed by atoms with Gasteiger partial charge in [0.05, 0.1) is 11.8 Å². The molecule has 0 aliphatic heterocycles. The van der Waals surface area contributed by atoms with Gasteiger partial charge < -0.3 is 10.4 Å². The molecule has 2 N–H and O–H groups in total. The van der Waals surface area contributed by atoms with Gasteiger partial charge in [-0.25, -0.2) is 0 Å². The van der Waals surface area contributed by atoms with E-state index in [4.69, 9.17) is 5.11 Å². The molecule has 0 radical (unpaired) electrons. The van der Waals surface area contributed by atoms with E-state index in [1.54, 1.807) is 0 Å². The summed E-state index contributed by atoms with van der Waals surface area (Å²) < 4.78 is 0. The van der Waals surface area contributed by atoms with Crippen LogP contribution in [0.2, 0.25) is 0 Å². The van der Waals surface area contributed by atoms with Crippen LogP contribution >= 0.6 is 0 Å². The molecule has 1 saturated carbocycles. The van der Waals surface area contributed by atoms with Crippen LogP contribution in [0.15, 0.2) is 0 Å². The maximum Gasteiger partial charge on any atom is 0.307 e. The Morgan fingerprint density at radius 1 is 1.29 bits per heavy atom. The van der Waals surface area contributed by atoms with Crippen molar-refractivity contribution in [3.63, 3.8) is 0 Å². The molecule has 3 atom stereocenters. The van der Waals surface area contributed by atoms with E-state index in [2.05, 4.69) is 12.2 Å². The molecule has 4 nitrogen and oxygen atoms in total. The highest BCUT2D eigenvalue weighted by Crippen LogP contribution is 2.58. The Kier molecular flexibility index (Phi) is 4.17. The van der Waals surface area contributed by atoms with Crippen molar-refractivity contribution in [1.29, 1.82) is 0 Å². The first-order valence-electron chi connectivity index (χ1n) is 6.39. The Bertz CT molecular complexity index is 312. The van der Waals surface area contributed by atoms with Crippen molar-refractivity contribution in [2.45, 2.75) is 53.0 Å². The number of aliphatic carboxylic acids is 1. The van der Waals surface area contributed by atoms with E-state index < -0.39 is 17.3 Å². The van der Waals surface area contributed by atoms with Crippen LogP contribution in [0.4, 0.5) is 0 Å². The first kappa shape index (κ1) is 14.0. The summed E-state index contributed by atoms with van der Waals surface area (Å²) in [6, 6.07) is 0.179. The number of hydrogen-bond donors (Lipinski definition) is 2. The Morgan fingerprint density at radius 2 is 1.88 bits per heavy atom. The second-order valence-corrected chi connectivity index (χ2v) is 5.52. The lowest BCUT2D eigenvalue weighted by molar-refractivity contribution is -0.140. The minimum Gasteiger partial charge on any atom is -0.481 e. The molecule has 0 heterocycles. The Balaban J connectivity index is 2.58. The van der Waals surface area contributed by atoms with Gasteiger partial charge in [-0.3, -0.25) is 9.59 Å². The summed E-state index contributed by atoms with van der Waals surface area (Å²) in [5, 5.41) is 12.0. The summed E-state index contributed by atoms with van der Waals surface area (Å²) >= 11 is 0. The summed E-state index contributed by atoms with van der Waals surface area (Å²) in [6.07, 6.45) is 2.87. The fourth-order valence-electron chi connectivity index (χ4n) is 2.61. The number of carbonyl (C=O) groups excluding carboxylic acids is 1. The number of rotatable bonds is 6. The van der Waals surface area contributed by atoms with E-state index in [0.29, 0.717) is 0 Å². The van der Waals surface area contributed by atoms with Crippen molar-refractivity contribution >= 4 is 11.9 Å². The lowest BCUT2D eigenvalue weighted by Crippen LogP contribution is -2.36. The van der Waals surface area contributed by atoms with Crippen LogP contribution < -0.4 is 5.32 Å². The normalized spacial score (nSPS) is 27.3. The van der Waals surface area contributed by atoms with Crippen molar-refractivity contribution in [3.05, 3.63) is 0 Å². The van der Waals surface area contributed by atoms with E-state index >= 15 is 0 Å². The molecule has 0 bridgehead atoms. The Hall–Kier alpha value is -1.06. The Labute approximate surface area is 103 Å². The van der Waals surface area contributed by atoms with E-state index in [1.807, 2.05) is 20.8 Å². The van der Waals surface area contributed by atoms with Gasteiger partial charge in [-0.2, -0.15) is 0 Å². The molecule has 1 fully saturated rings. The number of hydrogen-bond acceptors (Lipinski definition) is 2. The molecular formula is C13H23NO3. The van der Waals surface area contributed by atoms with Crippen LogP contribution in [0.5, 0.6) is 0 Å². The van der Waals surface area contributed by atoms with E-state index in [1.165, 1.54) is 0 Å². The molecule has 0 spiro atoms. The third-order valence-corrected chi connectivity index (χ3v) is 3.85. The van der Waals surface area contributed by atoms with Gasteiger partial charge in [0.2, 0.25) is 5.91 Å². The molecule has 1 amide bonds. The van der Waals surface area contributed by atoms with Gasteiger partial charge in [0.25, 0.3) is 0 Å². The van der Waals surface area contributed by atoms with Gasteiger partial charge in [0, 0.05) is 6.04 Å². The molecule has 0 aromatic rings. The molecule has 1 aliphatic carbocycles. The fraction of sp³-hybridized carbons (Fsp3) is 0.846. The van der Waals surface area contributed by atoms with Crippen molar-refractivity contribution in [3.8, 4) is 0 Å². The molecule has 17 heavy (non-hydrogen) atoms. The van der Waals surface area contributed by atoms with Crippen LogP contribution in [0, 0.1) is 17.3 Å². The first-order chi connectivity index (χ1) is 7.86. The largest absolute Gasteiger partial charge is 0.481 e. The average Bonchev–Trinajstić information content (AvgIpc) is 2.81. The minimum atomic E-state index is -0.862. The number of nitrogens with one attached hydrogen (secondary N) is 1. The zero-order valence-electron chi connectivity index (χ0n) is 11.1.